The molecule has 0 spiro atoms. The van der Waals surface area contributed by atoms with Gasteiger partial charge in [0.25, 0.3) is 0 Å². The molecule has 0 heterocycles. The summed E-state index contributed by atoms with van der Waals surface area (Å²) in [6.45, 7) is 5.58. The van der Waals surface area contributed by atoms with E-state index in [0.717, 1.165) is 11.1 Å². The molecule has 0 atom stereocenters. The number of hydrogen-bond acceptors (Lipinski definition) is 5. The van der Waals surface area contributed by atoms with Gasteiger partial charge >= 0.3 is 12.1 Å². The minimum Gasteiger partial charge on any atom is -0.496 e. The van der Waals surface area contributed by atoms with Crippen LogP contribution >= 0.6 is 0 Å². The molecule has 0 aromatic heterocycles. The van der Waals surface area contributed by atoms with Gasteiger partial charge in [-0.05, 0) is 54.7 Å². The highest BCUT2D eigenvalue weighted by molar-refractivity contribution is 5.81. The Morgan fingerprint density at radius 3 is 2.11 bits per heavy atom. The molecule has 0 fully saturated rings. The lowest BCUT2D eigenvalue weighted by molar-refractivity contribution is -0.136. The highest BCUT2D eigenvalue weighted by atomic mass is 16.6. The van der Waals surface area contributed by atoms with Crippen molar-refractivity contribution in [1.29, 1.82) is 0 Å². The third-order valence-electron chi connectivity index (χ3n) is 5.98. The summed E-state index contributed by atoms with van der Waals surface area (Å²) in [6, 6.07) is 20.5. The Morgan fingerprint density at radius 1 is 0.972 bits per heavy atom. The summed E-state index contributed by atoms with van der Waals surface area (Å²) < 4.78 is 11.3. The fraction of sp³-hybridized carbons (Fsp3) is 0.310. The Bertz CT molecular complexity index is 1190. The van der Waals surface area contributed by atoms with Crippen LogP contribution in [0.3, 0.4) is 0 Å². The number of benzene rings is 3. The van der Waals surface area contributed by atoms with Crippen LogP contribution in [-0.4, -0.2) is 40.8 Å². The summed E-state index contributed by atoms with van der Waals surface area (Å²) in [6.07, 6.45) is -0.843. The zero-order valence-corrected chi connectivity index (χ0v) is 21.2. The SMILES string of the molecule is CCN(Cc1c(CC(=O)O)c(C(C)(C)O)cc(OC)c1-c1ccccc1)C(=O)OCc1ccccc1. The molecule has 0 unspecified atom stereocenters. The molecule has 3 aromatic carbocycles. The molecular weight excluding hydrogens is 458 g/mol. The first-order valence-electron chi connectivity index (χ1n) is 11.8. The van der Waals surface area contributed by atoms with Crippen molar-refractivity contribution < 1.29 is 29.3 Å². The van der Waals surface area contributed by atoms with Crippen LogP contribution in [0.5, 0.6) is 5.75 Å². The highest BCUT2D eigenvalue weighted by Crippen LogP contribution is 2.41. The average molecular weight is 492 g/mol. The van der Waals surface area contributed by atoms with E-state index >= 15 is 0 Å². The van der Waals surface area contributed by atoms with E-state index in [0.29, 0.717) is 34.5 Å². The predicted molar refractivity (Wildman–Crippen MR) is 138 cm³/mol. The van der Waals surface area contributed by atoms with E-state index in [2.05, 4.69) is 0 Å². The molecule has 3 aromatic rings. The number of carbonyl (C=O) groups is 2. The van der Waals surface area contributed by atoms with Crippen molar-refractivity contribution in [2.45, 2.75) is 45.9 Å². The highest BCUT2D eigenvalue weighted by Gasteiger charge is 2.30. The van der Waals surface area contributed by atoms with Gasteiger partial charge in [-0.2, -0.15) is 0 Å². The monoisotopic (exact) mass is 491 g/mol. The van der Waals surface area contributed by atoms with Crippen LogP contribution in [0, 0.1) is 0 Å². The van der Waals surface area contributed by atoms with Gasteiger partial charge in [-0.3, -0.25) is 4.79 Å². The third-order valence-corrected chi connectivity index (χ3v) is 5.98. The number of carboxylic acids is 1. The van der Waals surface area contributed by atoms with E-state index in [1.807, 2.05) is 67.6 Å². The third kappa shape index (κ3) is 6.43. The lowest BCUT2D eigenvalue weighted by Crippen LogP contribution is -2.32. The molecule has 0 bridgehead atoms. The topological polar surface area (TPSA) is 96.3 Å². The van der Waals surface area contributed by atoms with Crippen molar-refractivity contribution >= 4 is 12.1 Å². The lowest BCUT2D eigenvalue weighted by Gasteiger charge is -2.30. The molecule has 7 heteroatoms. The van der Waals surface area contributed by atoms with Gasteiger partial charge in [0, 0.05) is 12.1 Å². The normalized spacial score (nSPS) is 11.1. The molecule has 3 rings (SSSR count). The van der Waals surface area contributed by atoms with Crippen molar-refractivity contribution in [3.8, 4) is 16.9 Å². The van der Waals surface area contributed by atoms with E-state index in [-0.39, 0.29) is 19.6 Å². The number of rotatable bonds is 10. The number of hydrogen-bond donors (Lipinski definition) is 2. The Morgan fingerprint density at radius 2 is 1.58 bits per heavy atom. The second-order valence-electron chi connectivity index (χ2n) is 9.01. The maximum absolute atomic E-state index is 13.1. The standard InChI is InChI=1S/C29H33NO6/c1-5-30(28(33)36-19-20-12-8-6-9-13-20)18-23-22(16-26(31)32)24(29(2,3)34)17-25(35-4)27(23)21-14-10-7-11-15-21/h6-15,17,34H,5,16,18-19H2,1-4H3,(H,31,32). The summed E-state index contributed by atoms with van der Waals surface area (Å²) in [5.41, 5.74) is 2.49. The van der Waals surface area contributed by atoms with E-state index in [4.69, 9.17) is 9.47 Å². The van der Waals surface area contributed by atoms with Gasteiger partial charge in [0.2, 0.25) is 0 Å². The molecule has 7 nitrogen and oxygen atoms in total. The summed E-state index contributed by atoms with van der Waals surface area (Å²) in [4.78, 5) is 26.5. The summed E-state index contributed by atoms with van der Waals surface area (Å²) in [7, 11) is 1.53. The molecule has 0 aliphatic rings. The summed E-state index contributed by atoms with van der Waals surface area (Å²) in [5.74, 6) is -0.559. The van der Waals surface area contributed by atoms with Crippen LogP contribution in [0.4, 0.5) is 4.79 Å². The maximum Gasteiger partial charge on any atom is 0.410 e. The van der Waals surface area contributed by atoms with Crippen LogP contribution in [0.2, 0.25) is 0 Å². The molecule has 0 saturated heterocycles. The van der Waals surface area contributed by atoms with E-state index < -0.39 is 17.7 Å². The van der Waals surface area contributed by atoms with E-state index in [1.54, 1.807) is 19.9 Å². The first kappa shape index (κ1) is 26.8. The Hall–Kier alpha value is -3.84. The second-order valence-corrected chi connectivity index (χ2v) is 9.01. The number of carboxylic acid groups (broad SMARTS) is 1. The van der Waals surface area contributed by atoms with Gasteiger partial charge in [-0.15, -0.1) is 0 Å². The minimum absolute atomic E-state index is 0.0806. The molecule has 190 valence electrons. The molecule has 0 saturated carbocycles. The molecular formula is C29H33NO6. The fourth-order valence-electron chi connectivity index (χ4n) is 4.22. The summed E-state index contributed by atoms with van der Waals surface area (Å²) >= 11 is 0. The lowest BCUT2D eigenvalue weighted by atomic mass is 9.83. The van der Waals surface area contributed by atoms with E-state index in [9.17, 15) is 19.8 Å². The van der Waals surface area contributed by atoms with Crippen LogP contribution in [0.1, 0.15) is 43.0 Å². The number of methoxy groups -OCH3 is 1. The van der Waals surface area contributed by atoms with Crippen molar-refractivity contribution in [1.82, 2.24) is 4.90 Å². The first-order valence-corrected chi connectivity index (χ1v) is 11.8. The number of aliphatic hydroxyl groups is 1. The minimum atomic E-state index is -1.34. The van der Waals surface area contributed by atoms with Gasteiger partial charge in [0.15, 0.2) is 0 Å². The number of aliphatic carboxylic acids is 1. The molecule has 36 heavy (non-hydrogen) atoms. The number of amides is 1. The zero-order valence-electron chi connectivity index (χ0n) is 21.2. The number of nitrogens with zero attached hydrogens (tertiary/aromatic N) is 1. The number of ether oxygens (including phenoxy) is 2. The van der Waals surface area contributed by atoms with E-state index in [1.165, 1.54) is 12.0 Å². The van der Waals surface area contributed by atoms with Gasteiger partial charge in [-0.25, -0.2) is 4.79 Å². The smallest absolute Gasteiger partial charge is 0.410 e. The largest absolute Gasteiger partial charge is 0.496 e. The Kier molecular flexibility index (Phi) is 8.72. The van der Waals surface area contributed by atoms with Gasteiger partial charge in [0.05, 0.1) is 25.7 Å². The Balaban J connectivity index is 2.13. The van der Waals surface area contributed by atoms with Crippen molar-refractivity contribution in [2.75, 3.05) is 13.7 Å². The summed E-state index contributed by atoms with van der Waals surface area (Å²) in [5, 5.41) is 20.7. The van der Waals surface area contributed by atoms with Crippen molar-refractivity contribution in [2.24, 2.45) is 0 Å². The molecule has 0 aliphatic carbocycles. The molecule has 2 N–H and O–H groups in total. The van der Waals surface area contributed by atoms with Crippen LogP contribution in [0.25, 0.3) is 11.1 Å². The van der Waals surface area contributed by atoms with Crippen LogP contribution in [-0.2, 0) is 34.7 Å². The van der Waals surface area contributed by atoms with Crippen LogP contribution in [0.15, 0.2) is 66.7 Å². The van der Waals surface area contributed by atoms with Crippen molar-refractivity contribution in [3.63, 3.8) is 0 Å². The quantitative estimate of drug-likeness (QED) is 0.396. The maximum atomic E-state index is 13.1. The van der Waals surface area contributed by atoms with Gasteiger partial charge in [-0.1, -0.05) is 60.7 Å². The predicted octanol–water partition coefficient (Wildman–Crippen LogP) is 5.38. The average Bonchev–Trinajstić information content (AvgIpc) is 2.86. The van der Waals surface area contributed by atoms with Crippen molar-refractivity contribution in [3.05, 3.63) is 89.0 Å². The van der Waals surface area contributed by atoms with Gasteiger partial charge < -0.3 is 24.6 Å². The Labute approximate surface area is 211 Å². The zero-order chi connectivity index (χ0) is 26.3. The molecule has 1 amide bonds. The molecule has 0 radical (unpaired) electrons. The van der Waals surface area contributed by atoms with Crippen LogP contribution < -0.4 is 4.74 Å². The number of carbonyl (C=O) groups excluding carboxylic acids is 1. The second kappa shape index (κ2) is 11.7. The fourth-order valence-corrected chi connectivity index (χ4v) is 4.22. The van der Waals surface area contributed by atoms with Gasteiger partial charge in [0.1, 0.15) is 12.4 Å². The first-order chi connectivity index (χ1) is 17.2. The molecule has 0 aliphatic heterocycles.